The SMILES string of the molecule is CC1(N2CC3(CCC3)C2)CCNC1. The van der Waals surface area contributed by atoms with Gasteiger partial charge in [-0.1, -0.05) is 6.42 Å². The van der Waals surface area contributed by atoms with Gasteiger partial charge in [0.2, 0.25) is 0 Å². The van der Waals surface area contributed by atoms with Crippen LogP contribution in [-0.4, -0.2) is 36.6 Å². The number of hydrogen-bond donors (Lipinski definition) is 1. The van der Waals surface area contributed by atoms with E-state index in [0.717, 1.165) is 5.41 Å². The van der Waals surface area contributed by atoms with Crippen molar-refractivity contribution in [2.45, 2.75) is 38.1 Å². The fourth-order valence-electron chi connectivity index (χ4n) is 3.21. The van der Waals surface area contributed by atoms with E-state index < -0.39 is 0 Å². The highest BCUT2D eigenvalue weighted by atomic mass is 15.3. The second kappa shape index (κ2) is 2.48. The second-order valence-electron chi connectivity index (χ2n) is 5.63. The molecule has 1 N–H and O–H groups in total. The van der Waals surface area contributed by atoms with E-state index in [0.29, 0.717) is 5.54 Å². The molecule has 1 atom stereocenters. The average molecular weight is 180 g/mol. The van der Waals surface area contributed by atoms with Crippen molar-refractivity contribution in [3.05, 3.63) is 0 Å². The van der Waals surface area contributed by atoms with Crippen LogP contribution in [-0.2, 0) is 0 Å². The predicted octanol–water partition coefficient (Wildman–Crippen LogP) is 1.22. The van der Waals surface area contributed by atoms with E-state index in [1.54, 1.807) is 0 Å². The molecule has 2 aliphatic heterocycles. The number of rotatable bonds is 1. The summed E-state index contributed by atoms with van der Waals surface area (Å²) in [5.74, 6) is 0. The Bertz CT molecular complexity index is 206. The van der Waals surface area contributed by atoms with Gasteiger partial charge in [0.1, 0.15) is 0 Å². The van der Waals surface area contributed by atoms with Gasteiger partial charge in [0.05, 0.1) is 0 Å². The van der Waals surface area contributed by atoms with Gasteiger partial charge in [-0.25, -0.2) is 0 Å². The topological polar surface area (TPSA) is 15.3 Å². The van der Waals surface area contributed by atoms with Crippen LogP contribution >= 0.6 is 0 Å². The lowest BCUT2D eigenvalue weighted by Gasteiger charge is -2.61. The molecule has 1 saturated carbocycles. The summed E-state index contributed by atoms with van der Waals surface area (Å²) in [5, 5.41) is 3.48. The smallest absolute Gasteiger partial charge is 0.0318 e. The highest BCUT2D eigenvalue weighted by molar-refractivity contribution is 5.07. The molecule has 1 aliphatic carbocycles. The third-order valence-electron chi connectivity index (χ3n) is 4.58. The minimum absolute atomic E-state index is 0.501. The Morgan fingerprint density at radius 3 is 2.38 bits per heavy atom. The third-order valence-corrected chi connectivity index (χ3v) is 4.58. The molecule has 2 heterocycles. The highest BCUT2D eigenvalue weighted by Crippen LogP contribution is 2.50. The van der Waals surface area contributed by atoms with Crippen molar-refractivity contribution in [1.29, 1.82) is 0 Å². The molecule has 0 radical (unpaired) electrons. The number of nitrogens with one attached hydrogen (secondary N) is 1. The third kappa shape index (κ3) is 1.08. The summed E-state index contributed by atoms with van der Waals surface area (Å²) >= 11 is 0. The van der Waals surface area contributed by atoms with E-state index in [2.05, 4.69) is 17.1 Å². The second-order valence-corrected chi connectivity index (χ2v) is 5.63. The summed E-state index contributed by atoms with van der Waals surface area (Å²) in [7, 11) is 0. The Morgan fingerprint density at radius 2 is 1.92 bits per heavy atom. The lowest BCUT2D eigenvalue weighted by molar-refractivity contribution is -0.108. The summed E-state index contributed by atoms with van der Waals surface area (Å²) in [6.45, 7) is 7.65. The van der Waals surface area contributed by atoms with Crippen LogP contribution in [0.1, 0.15) is 32.6 Å². The molecular formula is C11H20N2. The zero-order chi connectivity index (χ0) is 8.94. The summed E-state index contributed by atoms with van der Waals surface area (Å²) in [4.78, 5) is 2.71. The molecule has 3 rings (SSSR count). The molecule has 74 valence electrons. The van der Waals surface area contributed by atoms with Crippen LogP contribution in [0.4, 0.5) is 0 Å². The normalized spacial score (nSPS) is 43.2. The first-order valence-electron chi connectivity index (χ1n) is 5.68. The maximum atomic E-state index is 3.48. The first-order valence-corrected chi connectivity index (χ1v) is 5.68. The maximum absolute atomic E-state index is 3.48. The Kier molecular flexibility index (Phi) is 1.58. The van der Waals surface area contributed by atoms with Gasteiger partial charge in [-0.15, -0.1) is 0 Å². The van der Waals surface area contributed by atoms with E-state index in [1.165, 1.54) is 51.9 Å². The molecule has 2 nitrogen and oxygen atoms in total. The van der Waals surface area contributed by atoms with Crippen LogP contribution < -0.4 is 5.32 Å². The molecule has 3 aliphatic rings. The zero-order valence-electron chi connectivity index (χ0n) is 8.60. The van der Waals surface area contributed by atoms with E-state index in [1.807, 2.05) is 0 Å². The van der Waals surface area contributed by atoms with Gasteiger partial charge in [0.25, 0.3) is 0 Å². The van der Waals surface area contributed by atoms with Crippen LogP contribution in [0.15, 0.2) is 0 Å². The molecule has 1 spiro atoms. The van der Waals surface area contributed by atoms with E-state index in [4.69, 9.17) is 0 Å². The van der Waals surface area contributed by atoms with E-state index in [9.17, 15) is 0 Å². The molecule has 0 amide bonds. The van der Waals surface area contributed by atoms with Gasteiger partial charge in [0, 0.05) is 25.2 Å². The van der Waals surface area contributed by atoms with Crippen LogP contribution in [0, 0.1) is 5.41 Å². The van der Waals surface area contributed by atoms with Gasteiger partial charge in [-0.3, -0.25) is 4.90 Å². The number of hydrogen-bond acceptors (Lipinski definition) is 2. The molecular weight excluding hydrogens is 160 g/mol. The Morgan fingerprint density at radius 1 is 1.15 bits per heavy atom. The quantitative estimate of drug-likeness (QED) is 0.653. The average Bonchev–Trinajstić information content (AvgIpc) is 2.30. The van der Waals surface area contributed by atoms with Crippen molar-refractivity contribution in [2.24, 2.45) is 5.41 Å². The summed E-state index contributed by atoms with van der Waals surface area (Å²) in [6, 6.07) is 0. The van der Waals surface area contributed by atoms with Crippen molar-refractivity contribution in [3.8, 4) is 0 Å². The minimum atomic E-state index is 0.501. The summed E-state index contributed by atoms with van der Waals surface area (Å²) in [5.41, 5.74) is 1.30. The Balaban J connectivity index is 1.63. The Hall–Kier alpha value is -0.0800. The van der Waals surface area contributed by atoms with E-state index in [-0.39, 0.29) is 0 Å². The maximum Gasteiger partial charge on any atom is 0.0318 e. The lowest BCUT2D eigenvalue weighted by Crippen LogP contribution is -2.67. The molecule has 0 aromatic heterocycles. The van der Waals surface area contributed by atoms with Crippen LogP contribution in [0.25, 0.3) is 0 Å². The molecule has 0 aromatic rings. The first kappa shape index (κ1) is 8.25. The molecule has 0 bridgehead atoms. The minimum Gasteiger partial charge on any atom is -0.315 e. The van der Waals surface area contributed by atoms with Gasteiger partial charge in [-0.05, 0) is 38.1 Å². The molecule has 13 heavy (non-hydrogen) atoms. The van der Waals surface area contributed by atoms with Crippen molar-refractivity contribution >= 4 is 0 Å². The summed E-state index contributed by atoms with van der Waals surface area (Å²) in [6.07, 6.45) is 5.85. The van der Waals surface area contributed by atoms with Crippen molar-refractivity contribution < 1.29 is 0 Å². The number of likely N-dealkylation sites (tertiary alicyclic amines) is 1. The fourth-order valence-corrected chi connectivity index (χ4v) is 3.21. The fraction of sp³-hybridized carbons (Fsp3) is 1.00. The van der Waals surface area contributed by atoms with Gasteiger partial charge in [-0.2, -0.15) is 0 Å². The first-order chi connectivity index (χ1) is 6.23. The lowest BCUT2D eigenvalue weighted by atomic mass is 9.62. The number of nitrogens with zero attached hydrogens (tertiary/aromatic N) is 1. The van der Waals surface area contributed by atoms with Crippen molar-refractivity contribution in [1.82, 2.24) is 10.2 Å². The zero-order valence-corrected chi connectivity index (χ0v) is 8.60. The molecule has 0 aromatic carbocycles. The molecule has 1 unspecified atom stereocenters. The van der Waals surface area contributed by atoms with Crippen LogP contribution in [0.5, 0.6) is 0 Å². The van der Waals surface area contributed by atoms with Crippen LogP contribution in [0.3, 0.4) is 0 Å². The van der Waals surface area contributed by atoms with Gasteiger partial charge in [0.15, 0.2) is 0 Å². The van der Waals surface area contributed by atoms with Crippen LogP contribution in [0.2, 0.25) is 0 Å². The predicted molar refractivity (Wildman–Crippen MR) is 53.7 cm³/mol. The Labute approximate surface area is 80.7 Å². The highest BCUT2D eigenvalue weighted by Gasteiger charge is 2.52. The molecule has 3 fully saturated rings. The van der Waals surface area contributed by atoms with Gasteiger partial charge < -0.3 is 5.32 Å². The molecule has 2 heteroatoms. The monoisotopic (exact) mass is 180 g/mol. The summed E-state index contributed by atoms with van der Waals surface area (Å²) < 4.78 is 0. The largest absolute Gasteiger partial charge is 0.315 e. The standard InChI is InChI=1S/C11H20N2/c1-10(5-6-12-7-10)13-8-11(9-13)3-2-4-11/h12H,2-9H2,1H3. The molecule has 2 saturated heterocycles. The van der Waals surface area contributed by atoms with E-state index >= 15 is 0 Å². The van der Waals surface area contributed by atoms with Crippen molar-refractivity contribution in [3.63, 3.8) is 0 Å². The van der Waals surface area contributed by atoms with Gasteiger partial charge >= 0.3 is 0 Å². The van der Waals surface area contributed by atoms with Crippen molar-refractivity contribution in [2.75, 3.05) is 26.2 Å².